The van der Waals surface area contributed by atoms with E-state index in [1.807, 2.05) is 24.0 Å². The highest BCUT2D eigenvalue weighted by Crippen LogP contribution is 2.16. The van der Waals surface area contributed by atoms with E-state index in [4.69, 9.17) is 15.5 Å². The summed E-state index contributed by atoms with van der Waals surface area (Å²) in [5.74, 6) is 0.489. The smallest absolute Gasteiger partial charge is 0.251 e. The topological polar surface area (TPSA) is 100 Å². The molecule has 3 rings (SSSR count). The summed E-state index contributed by atoms with van der Waals surface area (Å²) in [5, 5.41) is 3.32. The van der Waals surface area contributed by atoms with Crippen molar-refractivity contribution in [1.29, 1.82) is 0 Å². The molecule has 8 heteroatoms. The van der Waals surface area contributed by atoms with Crippen molar-refractivity contribution in [2.45, 2.75) is 32.4 Å². The number of carbonyl (C=O) groups is 2. The molecule has 2 saturated heterocycles. The fraction of sp³-hybridized carbons (Fsp3) is 0.550. The van der Waals surface area contributed by atoms with E-state index in [0.717, 1.165) is 44.0 Å². The fourth-order valence-corrected chi connectivity index (χ4v) is 3.53. The minimum atomic E-state index is -0.440. The zero-order chi connectivity index (χ0) is 19.9. The van der Waals surface area contributed by atoms with Crippen LogP contribution in [0.25, 0.3) is 0 Å². The normalized spacial score (nSPS) is 20.3. The lowest BCUT2D eigenvalue weighted by Gasteiger charge is -2.37. The van der Waals surface area contributed by atoms with Crippen LogP contribution in [0.2, 0.25) is 0 Å². The number of benzene rings is 1. The van der Waals surface area contributed by atoms with E-state index in [1.54, 1.807) is 12.1 Å². The van der Waals surface area contributed by atoms with Crippen LogP contribution in [0.3, 0.4) is 0 Å². The summed E-state index contributed by atoms with van der Waals surface area (Å²) >= 11 is 0. The maximum atomic E-state index is 12.5. The van der Waals surface area contributed by atoms with Crippen molar-refractivity contribution >= 4 is 17.8 Å². The van der Waals surface area contributed by atoms with Gasteiger partial charge in [0.1, 0.15) is 6.10 Å². The standard InChI is InChI=1S/C20H29N5O3/c1-2-22-20(23-14-15-5-3-6-16(13-15)18(21)26)25-10-8-24(9-11-25)19(27)17-7-4-12-28-17/h3,5-6,13,17H,2,4,7-12,14H2,1H3,(H2,21,26)(H,22,23). The molecule has 8 nitrogen and oxygen atoms in total. The van der Waals surface area contributed by atoms with Gasteiger partial charge in [-0.15, -0.1) is 0 Å². The molecule has 0 aliphatic carbocycles. The fourth-order valence-electron chi connectivity index (χ4n) is 3.53. The van der Waals surface area contributed by atoms with Gasteiger partial charge in [-0.05, 0) is 37.5 Å². The summed E-state index contributed by atoms with van der Waals surface area (Å²) in [6.45, 7) is 6.72. The third-order valence-corrected chi connectivity index (χ3v) is 5.05. The number of carbonyl (C=O) groups excluding carboxylic acids is 2. The molecule has 0 bridgehead atoms. The zero-order valence-electron chi connectivity index (χ0n) is 16.4. The Hall–Kier alpha value is -2.61. The van der Waals surface area contributed by atoms with Crippen molar-refractivity contribution in [1.82, 2.24) is 15.1 Å². The first-order valence-corrected chi connectivity index (χ1v) is 9.91. The Bertz CT molecular complexity index is 722. The second-order valence-corrected chi connectivity index (χ2v) is 7.05. The first-order chi connectivity index (χ1) is 13.6. The molecule has 1 unspecified atom stereocenters. The molecule has 0 aromatic heterocycles. The van der Waals surface area contributed by atoms with Crippen molar-refractivity contribution in [3.63, 3.8) is 0 Å². The molecule has 1 aromatic carbocycles. The maximum absolute atomic E-state index is 12.5. The lowest BCUT2D eigenvalue weighted by atomic mass is 10.1. The summed E-state index contributed by atoms with van der Waals surface area (Å²) in [4.78, 5) is 32.6. The lowest BCUT2D eigenvalue weighted by molar-refractivity contribution is -0.142. The molecular formula is C20H29N5O3. The Morgan fingerprint density at radius 3 is 2.64 bits per heavy atom. The summed E-state index contributed by atoms with van der Waals surface area (Å²) < 4.78 is 5.52. The number of nitrogens with two attached hydrogens (primary N) is 1. The minimum Gasteiger partial charge on any atom is -0.368 e. The average molecular weight is 387 g/mol. The van der Waals surface area contributed by atoms with Crippen molar-refractivity contribution in [3.05, 3.63) is 35.4 Å². The molecule has 2 fully saturated rings. The summed E-state index contributed by atoms with van der Waals surface area (Å²) in [6.07, 6.45) is 1.53. The molecule has 1 aromatic rings. The van der Waals surface area contributed by atoms with Crippen LogP contribution >= 0.6 is 0 Å². The number of hydrogen-bond donors (Lipinski definition) is 2. The highest BCUT2D eigenvalue weighted by Gasteiger charge is 2.30. The van der Waals surface area contributed by atoms with Gasteiger partial charge in [-0.25, -0.2) is 4.99 Å². The van der Waals surface area contributed by atoms with Gasteiger partial charge in [-0.1, -0.05) is 12.1 Å². The predicted molar refractivity (Wildman–Crippen MR) is 107 cm³/mol. The van der Waals surface area contributed by atoms with Crippen LogP contribution in [-0.4, -0.2) is 73.0 Å². The van der Waals surface area contributed by atoms with Crippen LogP contribution in [0.5, 0.6) is 0 Å². The molecule has 0 saturated carbocycles. The number of nitrogens with one attached hydrogen (secondary N) is 1. The van der Waals surface area contributed by atoms with E-state index in [2.05, 4.69) is 10.2 Å². The third kappa shape index (κ3) is 5.01. The van der Waals surface area contributed by atoms with Crippen LogP contribution in [-0.2, 0) is 16.1 Å². The highest BCUT2D eigenvalue weighted by molar-refractivity contribution is 5.92. The third-order valence-electron chi connectivity index (χ3n) is 5.05. The van der Waals surface area contributed by atoms with Gasteiger partial charge in [0.2, 0.25) is 5.91 Å². The Morgan fingerprint density at radius 2 is 2.00 bits per heavy atom. The molecular weight excluding hydrogens is 358 g/mol. The van der Waals surface area contributed by atoms with Crippen LogP contribution in [0.4, 0.5) is 0 Å². The van der Waals surface area contributed by atoms with E-state index in [-0.39, 0.29) is 12.0 Å². The first-order valence-electron chi connectivity index (χ1n) is 9.91. The monoisotopic (exact) mass is 387 g/mol. The van der Waals surface area contributed by atoms with Gasteiger partial charge in [0.05, 0.1) is 6.54 Å². The van der Waals surface area contributed by atoms with Gasteiger partial charge < -0.3 is 25.6 Å². The summed E-state index contributed by atoms with van der Waals surface area (Å²) in [7, 11) is 0. The first kappa shape index (κ1) is 20.1. The molecule has 0 radical (unpaired) electrons. The van der Waals surface area contributed by atoms with Gasteiger partial charge in [0, 0.05) is 44.9 Å². The number of piperazine rings is 1. The molecule has 2 aliphatic rings. The van der Waals surface area contributed by atoms with Crippen molar-refractivity contribution < 1.29 is 14.3 Å². The second kappa shape index (κ2) is 9.54. The summed E-state index contributed by atoms with van der Waals surface area (Å²) in [5.41, 5.74) is 6.76. The predicted octanol–water partition coefficient (Wildman–Crippen LogP) is 0.574. The number of rotatable bonds is 5. The highest BCUT2D eigenvalue weighted by atomic mass is 16.5. The maximum Gasteiger partial charge on any atom is 0.251 e. The summed E-state index contributed by atoms with van der Waals surface area (Å²) in [6, 6.07) is 7.21. The molecule has 152 valence electrons. The van der Waals surface area contributed by atoms with E-state index in [9.17, 15) is 9.59 Å². The van der Waals surface area contributed by atoms with Crippen LogP contribution in [0.1, 0.15) is 35.7 Å². The van der Waals surface area contributed by atoms with Crippen LogP contribution < -0.4 is 11.1 Å². The number of aliphatic imine (C=N–C) groups is 1. The molecule has 3 N–H and O–H groups in total. The minimum absolute atomic E-state index is 0.113. The molecule has 2 heterocycles. The van der Waals surface area contributed by atoms with Crippen molar-refractivity contribution in [2.24, 2.45) is 10.7 Å². The molecule has 2 amide bonds. The molecule has 28 heavy (non-hydrogen) atoms. The number of ether oxygens (including phenoxy) is 1. The zero-order valence-corrected chi connectivity index (χ0v) is 16.4. The van der Waals surface area contributed by atoms with Crippen molar-refractivity contribution in [3.8, 4) is 0 Å². The van der Waals surface area contributed by atoms with Gasteiger partial charge in [0.15, 0.2) is 5.96 Å². The quantitative estimate of drug-likeness (QED) is 0.568. The van der Waals surface area contributed by atoms with E-state index in [0.29, 0.717) is 31.8 Å². The molecule has 1 atom stereocenters. The number of nitrogens with zero attached hydrogens (tertiary/aromatic N) is 3. The number of primary amides is 1. The Balaban J connectivity index is 1.59. The van der Waals surface area contributed by atoms with E-state index < -0.39 is 5.91 Å². The molecule has 2 aliphatic heterocycles. The van der Waals surface area contributed by atoms with E-state index >= 15 is 0 Å². The van der Waals surface area contributed by atoms with E-state index in [1.165, 1.54) is 0 Å². The molecule has 0 spiro atoms. The largest absolute Gasteiger partial charge is 0.368 e. The number of guanidine groups is 1. The van der Waals surface area contributed by atoms with Gasteiger partial charge >= 0.3 is 0 Å². The number of hydrogen-bond acceptors (Lipinski definition) is 4. The van der Waals surface area contributed by atoms with Crippen LogP contribution in [0, 0.1) is 0 Å². The van der Waals surface area contributed by atoms with Gasteiger partial charge in [-0.2, -0.15) is 0 Å². The Morgan fingerprint density at radius 1 is 1.25 bits per heavy atom. The van der Waals surface area contributed by atoms with Crippen LogP contribution in [0.15, 0.2) is 29.3 Å². The number of amides is 2. The van der Waals surface area contributed by atoms with Gasteiger partial charge in [0.25, 0.3) is 5.91 Å². The lowest BCUT2D eigenvalue weighted by Crippen LogP contribution is -2.55. The average Bonchev–Trinajstić information content (AvgIpc) is 3.26. The van der Waals surface area contributed by atoms with Gasteiger partial charge in [-0.3, -0.25) is 9.59 Å². The second-order valence-electron chi connectivity index (χ2n) is 7.05. The Labute approximate surface area is 165 Å². The SMILES string of the molecule is CCNC(=NCc1cccc(C(N)=O)c1)N1CCN(C(=O)C2CCCO2)CC1. The Kier molecular flexibility index (Phi) is 6.86. The van der Waals surface area contributed by atoms with Crippen molar-refractivity contribution in [2.75, 3.05) is 39.3 Å².